The van der Waals surface area contributed by atoms with Crippen LogP contribution in [0.1, 0.15) is 6.92 Å². The van der Waals surface area contributed by atoms with Crippen LogP contribution in [0.15, 0.2) is 0 Å². The van der Waals surface area contributed by atoms with Gasteiger partial charge in [-0.2, -0.15) is 18.4 Å². The minimum Gasteiger partial charge on any atom is -0.362 e. The second-order valence-corrected chi connectivity index (χ2v) is 4.38. The van der Waals surface area contributed by atoms with E-state index in [2.05, 4.69) is 4.90 Å². The molecule has 1 fully saturated rings. The van der Waals surface area contributed by atoms with Crippen LogP contribution in [0.4, 0.5) is 13.2 Å². The van der Waals surface area contributed by atoms with Crippen LogP contribution in [0.2, 0.25) is 0 Å². The summed E-state index contributed by atoms with van der Waals surface area (Å²) in [6.45, 7) is 4.01. The van der Waals surface area contributed by atoms with Gasteiger partial charge in [-0.05, 0) is 6.92 Å². The highest BCUT2D eigenvalue weighted by Crippen LogP contribution is 2.17. The summed E-state index contributed by atoms with van der Waals surface area (Å²) in [5, 5.41) is 8.51. The van der Waals surface area contributed by atoms with Crippen molar-refractivity contribution in [2.24, 2.45) is 0 Å². The van der Waals surface area contributed by atoms with Gasteiger partial charge in [-0.15, -0.1) is 0 Å². The minimum absolute atomic E-state index is 0.424. The third-order valence-electron chi connectivity index (χ3n) is 2.82. The quantitative estimate of drug-likeness (QED) is 0.746. The zero-order valence-electron chi connectivity index (χ0n) is 10.4. The molecule has 4 nitrogen and oxygen atoms in total. The summed E-state index contributed by atoms with van der Waals surface area (Å²) in [5.74, 6) is 0. The molecule has 0 radical (unpaired) electrons. The van der Waals surface area contributed by atoms with Crippen LogP contribution < -0.4 is 0 Å². The number of hydrogen-bond acceptors (Lipinski definition) is 4. The van der Waals surface area contributed by atoms with E-state index in [0.29, 0.717) is 39.3 Å². The Balaban J connectivity index is 2.14. The van der Waals surface area contributed by atoms with Crippen LogP contribution in [0, 0.1) is 11.3 Å². The summed E-state index contributed by atoms with van der Waals surface area (Å²) >= 11 is 0. The van der Waals surface area contributed by atoms with Crippen LogP contribution in [-0.2, 0) is 4.74 Å². The Hall–Kier alpha value is -0.840. The van der Waals surface area contributed by atoms with Crippen LogP contribution in [0.5, 0.6) is 0 Å². The van der Waals surface area contributed by atoms with E-state index in [4.69, 9.17) is 10.00 Å². The van der Waals surface area contributed by atoms with E-state index >= 15 is 0 Å². The normalized spacial score (nSPS) is 20.6. The van der Waals surface area contributed by atoms with Crippen molar-refractivity contribution >= 4 is 0 Å². The Morgan fingerprint density at radius 3 is 2.28 bits per heavy atom. The average molecular weight is 265 g/mol. The molecule has 0 aromatic carbocycles. The van der Waals surface area contributed by atoms with Crippen molar-refractivity contribution < 1.29 is 17.9 Å². The minimum atomic E-state index is -4.12. The fourth-order valence-corrected chi connectivity index (χ4v) is 1.82. The van der Waals surface area contributed by atoms with Crippen molar-refractivity contribution in [1.82, 2.24) is 9.80 Å². The highest BCUT2D eigenvalue weighted by atomic mass is 19.4. The number of rotatable bonds is 5. The molecule has 0 bridgehead atoms. The lowest BCUT2D eigenvalue weighted by Gasteiger charge is -2.34. The number of piperazine rings is 1. The van der Waals surface area contributed by atoms with Gasteiger partial charge in [0.05, 0.1) is 19.2 Å². The summed E-state index contributed by atoms with van der Waals surface area (Å²) in [6.07, 6.45) is -4.55. The maximum atomic E-state index is 12.2. The highest BCUT2D eigenvalue weighted by molar-refractivity contribution is 4.79. The molecule has 104 valence electrons. The van der Waals surface area contributed by atoms with Gasteiger partial charge in [-0.3, -0.25) is 9.80 Å². The van der Waals surface area contributed by atoms with Gasteiger partial charge in [-0.25, -0.2) is 0 Å². The van der Waals surface area contributed by atoms with E-state index in [1.807, 2.05) is 6.07 Å². The Morgan fingerprint density at radius 2 is 1.78 bits per heavy atom. The fraction of sp³-hybridized carbons (Fsp3) is 0.909. The molecule has 1 aliphatic heterocycles. The predicted octanol–water partition coefficient (Wildman–Crippen LogP) is 1.09. The third kappa shape index (κ3) is 6.19. The van der Waals surface area contributed by atoms with Crippen LogP contribution >= 0.6 is 0 Å². The Kier molecular flexibility index (Phi) is 5.85. The van der Waals surface area contributed by atoms with E-state index in [1.54, 1.807) is 6.92 Å². The Bertz CT molecular complexity index is 282. The number of nitriles is 1. The lowest BCUT2D eigenvalue weighted by atomic mass is 10.3. The van der Waals surface area contributed by atoms with Gasteiger partial charge in [-0.1, -0.05) is 0 Å². The number of alkyl halides is 3. The molecule has 0 aromatic heterocycles. The summed E-state index contributed by atoms with van der Waals surface area (Å²) in [7, 11) is 0. The molecule has 1 aliphatic rings. The SMILES string of the molecule is CC(C#N)OCCN1CCN(CC(F)(F)F)CC1. The van der Waals surface area contributed by atoms with Gasteiger partial charge in [0.25, 0.3) is 0 Å². The first-order valence-electron chi connectivity index (χ1n) is 5.93. The van der Waals surface area contributed by atoms with Gasteiger partial charge in [0.15, 0.2) is 0 Å². The zero-order chi connectivity index (χ0) is 13.6. The lowest BCUT2D eigenvalue weighted by molar-refractivity contribution is -0.149. The third-order valence-corrected chi connectivity index (χ3v) is 2.82. The number of nitrogens with zero attached hydrogens (tertiary/aromatic N) is 3. The van der Waals surface area contributed by atoms with Crippen LogP contribution in [0.25, 0.3) is 0 Å². The van der Waals surface area contributed by atoms with E-state index in [-0.39, 0.29) is 0 Å². The monoisotopic (exact) mass is 265 g/mol. The molecule has 0 aromatic rings. The summed E-state index contributed by atoms with van der Waals surface area (Å²) in [6, 6.07) is 1.96. The van der Waals surface area contributed by atoms with Crippen LogP contribution in [-0.4, -0.2) is 68.0 Å². The Labute approximate surface area is 105 Å². The summed E-state index contributed by atoms with van der Waals surface area (Å²) < 4.78 is 41.7. The van der Waals surface area contributed by atoms with Crippen molar-refractivity contribution in [3.63, 3.8) is 0 Å². The van der Waals surface area contributed by atoms with Gasteiger partial charge in [0.2, 0.25) is 0 Å². The van der Waals surface area contributed by atoms with Gasteiger partial charge in [0, 0.05) is 32.7 Å². The number of ether oxygens (including phenoxy) is 1. The fourth-order valence-electron chi connectivity index (χ4n) is 1.82. The molecule has 1 unspecified atom stereocenters. The molecule has 0 spiro atoms. The van der Waals surface area contributed by atoms with E-state index in [1.165, 1.54) is 4.90 Å². The van der Waals surface area contributed by atoms with Gasteiger partial charge in [0.1, 0.15) is 6.10 Å². The number of hydrogen-bond donors (Lipinski definition) is 0. The molecule has 1 atom stereocenters. The molecular formula is C11H18F3N3O. The lowest BCUT2D eigenvalue weighted by Crippen LogP contribution is -2.49. The van der Waals surface area contributed by atoms with Crippen molar-refractivity contribution in [1.29, 1.82) is 5.26 Å². The second kappa shape index (κ2) is 6.92. The van der Waals surface area contributed by atoms with E-state index < -0.39 is 18.8 Å². The first-order chi connectivity index (χ1) is 8.40. The molecule has 1 heterocycles. The van der Waals surface area contributed by atoms with E-state index in [0.717, 1.165) is 0 Å². The maximum absolute atomic E-state index is 12.2. The predicted molar refractivity (Wildman–Crippen MR) is 60.0 cm³/mol. The molecule has 0 amide bonds. The van der Waals surface area contributed by atoms with Crippen molar-refractivity contribution in [2.45, 2.75) is 19.2 Å². The molecule has 1 saturated heterocycles. The first kappa shape index (κ1) is 15.2. The second-order valence-electron chi connectivity index (χ2n) is 4.38. The summed E-state index contributed by atoms with van der Waals surface area (Å²) in [5.41, 5.74) is 0. The van der Waals surface area contributed by atoms with E-state index in [9.17, 15) is 13.2 Å². The van der Waals surface area contributed by atoms with Crippen molar-refractivity contribution in [3.05, 3.63) is 0 Å². The highest BCUT2D eigenvalue weighted by Gasteiger charge is 2.31. The topological polar surface area (TPSA) is 39.5 Å². The van der Waals surface area contributed by atoms with Crippen LogP contribution in [0.3, 0.4) is 0 Å². The largest absolute Gasteiger partial charge is 0.401 e. The van der Waals surface area contributed by atoms with Gasteiger partial charge >= 0.3 is 6.18 Å². The molecule has 7 heteroatoms. The molecular weight excluding hydrogens is 247 g/mol. The first-order valence-corrected chi connectivity index (χ1v) is 5.93. The molecule has 1 rings (SSSR count). The maximum Gasteiger partial charge on any atom is 0.401 e. The summed E-state index contributed by atoms with van der Waals surface area (Å²) in [4.78, 5) is 3.46. The molecule has 0 aliphatic carbocycles. The zero-order valence-corrected chi connectivity index (χ0v) is 10.4. The van der Waals surface area contributed by atoms with Crippen molar-refractivity contribution in [2.75, 3.05) is 45.9 Å². The standard InChI is InChI=1S/C11H18F3N3O/c1-10(8-15)18-7-6-16-2-4-17(5-3-16)9-11(12,13)14/h10H,2-7,9H2,1H3. The average Bonchev–Trinajstić information content (AvgIpc) is 2.29. The molecule has 18 heavy (non-hydrogen) atoms. The molecule has 0 N–H and O–H groups in total. The smallest absolute Gasteiger partial charge is 0.362 e. The molecule has 0 saturated carbocycles. The Morgan fingerprint density at radius 1 is 1.22 bits per heavy atom. The van der Waals surface area contributed by atoms with Crippen molar-refractivity contribution in [3.8, 4) is 6.07 Å². The number of halogens is 3. The van der Waals surface area contributed by atoms with Gasteiger partial charge < -0.3 is 4.74 Å².